The third kappa shape index (κ3) is 3.08. The van der Waals surface area contributed by atoms with Crippen molar-refractivity contribution in [1.82, 2.24) is 0 Å². The fourth-order valence-electron chi connectivity index (χ4n) is 1.80. The Morgan fingerprint density at radius 1 is 1.16 bits per heavy atom. The van der Waals surface area contributed by atoms with Crippen LogP contribution < -0.4 is 5.32 Å². The van der Waals surface area contributed by atoms with Crippen LogP contribution in [0.3, 0.4) is 0 Å². The Kier molecular flexibility index (Phi) is 3.76. The van der Waals surface area contributed by atoms with Gasteiger partial charge in [0, 0.05) is 17.8 Å². The highest BCUT2D eigenvalue weighted by molar-refractivity contribution is 5.51. The van der Waals surface area contributed by atoms with E-state index in [1.165, 1.54) is 30.3 Å². The summed E-state index contributed by atoms with van der Waals surface area (Å²) in [4.78, 5) is 0. The average Bonchev–Trinajstić information content (AvgIpc) is 2.39. The Balaban J connectivity index is 2.16. The molecule has 96 valence electrons. The summed E-state index contributed by atoms with van der Waals surface area (Å²) in [6.07, 6.45) is 0. The van der Waals surface area contributed by atoms with Crippen LogP contribution in [0.15, 0.2) is 36.4 Å². The molecule has 0 fully saturated rings. The molecule has 0 amide bonds. The lowest BCUT2D eigenvalue weighted by atomic mass is 10.1. The Labute approximate surface area is 110 Å². The maximum atomic E-state index is 13.6. The lowest BCUT2D eigenvalue weighted by molar-refractivity contribution is 0.612. The lowest BCUT2D eigenvalue weighted by Crippen LogP contribution is -2.03. The predicted octanol–water partition coefficient (Wildman–Crippen LogP) is 3.76. The number of hydrogen-bond donors (Lipinski definition) is 1. The van der Waals surface area contributed by atoms with Crippen molar-refractivity contribution in [3.63, 3.8) is 0 Å². The number of nitriles is 1. The van der Waals surface area contributed by atoms with E-state index in [-0.39, 0.29) is 18.2 Å². The van der Waals surface area contributed by atoms with E-state index in [1.54, 1.807) is 13.0 Å². The second kappa shape index (κ2) is 5.49. The molecule has 0 radical (unpaired) electrons. The molecule has 0 spiro atoms. The third-order valence-electron chi connectivity index (χ3n) is 2.83. The number of aryl methyl sites for hydroxylation is 1. The van der Waals surface area contributed by atoms with Crippen LogP contribution in [-0.2, 0) is 6.54 Å². The molecule has 4 heteroatoms. The van der Waals surface area contributed by atoms with E-state index >= 15 is 0 Å². The van der Waals surface area contributed by atoms with Gasteiger partial charge in [0.1, 0.15) is 11.6 Å². The standard InChI is InChI=1S/C15H12F2N2/c1-10-6-13(16)3-5-15(10)19-9-12-7-11(8-18)2-4-14(12)17/h2-7,19H,9H2,1H3. The summed E-state index contributed by atoms with van der Waals surface area (Å²) in [5.74, 6) is -0.674. The number of halogens is 2. The molecule has 0 saturated carbocycles. The van der Waals surface area contributed by atoms with Crippen LogP contribution in [0, 0.1) is 29.9 Å². The van der Waals surface area contributed by atoms with Gasteiger partial charge in [0.15, 0.2) is 0 Å². The van der Waals surface area contributed by atoms with Crippen molar-refractivity contribution < 1.29 is 8.78 Å². The summed E-state index contributed by atoms with van der Waals surface area (Å²) < 4.78 is 26.5. The summed E-state index contributed by atoms with van der Waals surface area (Å²) in [5.41, 5.74) is 2.30. The molecule has 0 aliphatic rings. The van der Waals surface area contributed by atoms with Crippen molar-refractivity contribution in [2.75, 3.05) is 5.32 Å². The van der Waals surface area contributed by atoms with Crippen LogP contribution in [0.1, 0.15) is 16.7 Å². The van der Waals surface area contributed by atoms with Gasteiger partial charge in [-0.2, -0.15) is 5.26 Å². The smallest absolute Gasteiger partial charge is 0.128 e. The van der Waals surface area contributed by atoms with Crippen molar-refractivity contribution in [1.29, 1.82) is 5.26 Å². The molecule has 0 aliphatic carbocycles. The van der Waals surface area contributed by atoms with E-state index in [1.807, 2.05) is 6.07 Å². The molecule has 0 heterocycles. The normalized spacial score (nSPS) is 10.0. The van der Waals surface area contributed by atoms with Gasteiger partial charge in [0.2, 0.25) is 0 Å². The Morgan fingerprint density at radius 3 is 2.63 bits per heavy atom. The molecule has 0 unspecified atom stereocenters. The molecule has 0 atom stereocenters. The van der Waals surface area contributed by atoms with Crippen LogP contribution in [0.2, 0.25) is 0 Å². The SMILES string of the molecule is Cc1cc(F)ccc1NCc1cc(C#N)ccc1F. The van der Waals surface area contributed by atoms with E-state index in [0.29, 0.717) is 11.1 Å². The zero-order chi connectivity index (χ0) is 13.8. The molecule has 0 aromatic heterocycles. The first-order valence-electron chi connectivity index (χ1n) is 5.78. The highest BCUT2D eigenvalue weighted by atomic mass is 19.1. The number of benzene rings is 2. The molecule has 1 N–H and O–H groups in total. The van der Waals surface area contributed by atoms with Crippen LogP contribution in [-0.4, -0.2) is 0 Å². The van der Waals surface area contributed by atoms with Crippen LogP contribution in [0.25, 0.3) is 0 Å². The van der Waals surface area contributed by atoms with Crippen LogP contribution >= 0.6 is 0 Å². The quantitative estimate of drug-likeness (QED) is 0.909. The molecular weight excluding hydrogens is 246 g/mol. The lowest BCUT2D eigenvalue weighted by Gasteiger charge is -2.10. The van der Waals surface area contributed by atoms with E-state index in [4.69, 9.17) is 5.26 Å². The number of anilines is 1. The van der Waals surface area contributed by atoms with Gasteiger partial charge < -0.3 is 5.32 Å². The van der Waals surface area contributed by atoms with E-state index in [0.717, 1.165) is 11.3 Å². The van der Waals surface area contributed by atoms with E-state index in [9.17, 15) is 8.78 Å². The predicted molar refractivity (Wildman–Crippen MR) is 69.6 cm³/mol. The zero-order valence-electron chi connectivity index (χ0n) is 10.4. The van der Waals surface area contributed by atoms with Gasteiger partial charge >= 0.3 is 0 Å². The second-order valence-corrected chi connectivity index (χ2v) is 4.23. The van der Waals surface area contributed by atoms with Gasteiger partial charge in [-0.3, -0.25) is 0 Å². The van der Waals surface area contributed by atoms with Gasteiger partial charge in [-0.05, 0) is 48.9 Å². The van der Waals surface area contributed by atoms with Gasteiger partial charge in [0.25, 0.3) is 0 Å². The molecule has 0 saturated heterocycles. The first kappa shape index (κ1) is 13.0. The minimum atomic E-state index is -0.369. The van der Waals surface area contributed by atoms with Crippen LogP contribution in [0.4, 0.5) is 14.5 Å². The van der Waals surface area contributed by atoms with E-state index in [2.05, 4.69) is 5.32 Å². The molecular formula is C15H12F2N2. The molecule has 2 nitrogen and oxygen atoms in total. The first-order valence-corrected chi connectivity index (χ1v) is 5.78. The van der Waals surface area contributed by atoms with Crippen molar-refractivity contribution in [3.8, 4) is 6.07 Å². The number of rotatable bonds is 3. The fourth-order valence-corrected chi connectivity index (χ4v) is 1.80. The molecule has 0 aliphatic heterocycles. The van der Waals surface area contributed by atoms with Gasteiger partial charge in [0.05, 0.1) is 11.6 Å². The number of nitrogens with one attached hydrogen (secondary N) is 1. The topological polar surface area (TPSA) is 35.8 Å². The van der Waals surface area contributed by atoms with Crippen LogP contribution in [0.5, 0.6) is 0 Å². The summed E-state index contributed by atoms with van der Waals surface area (Å²) >= 11 is 0. The minimum absolute atomic E-state index is 0.244. The summed E-state index contributed by atoms with van der Waals surface area (Å²) in [6.45, 7) is 2.02. The monoisotopic (exact) mass is 258 g/mol. The molecule has 0 bridgehead atoms. The zero-order valence-corrected chi connectivity index (χ0v) is 10.4. The Morgan fingerprint density at radius 2 is 1.95 bits per heavy atom. The second-order valence-electron chi connectivity index (χ2n) is 4.23. The number of hydrogen-bond acceptors (Lipinski definition) is 2. The number of nitrogens with zero attached hydrogens (tertiary/aromatic N) is 1. The highest BCUT2D eigenvalue weighted by Gasteiger charge is 2.05. The van der Waals surface area contributed by atoms with Gasteiger partial charge in [-0.15, -0.1) is 0 Å². The summed E-state index contributed by atoms with van der Waals surface area (Å²) in [6, 6.07) is 10.5. The third-order valence-corrected chi connectivity index (χ3v) is 2.83. The minimum Gasteiger partial charge on any atom is -0.381 e. The van der Waals surface area contributed by atoms with Crippen molar-refractivity contribution in [2.24, 2.45) is 0 Å². The van der Waals surface area contributed by atoms with Crippen molar-refractivity contribution >= 4 is 5.69 Å². The summed E-state index contributed by atoms with van der Waals surface area (Å²) in [5, 5.41) is 11.8. The molecule has 2 rings (SSSR count). The van der Waals surface area contributed by atoms with Gasteiger partial charge in [-0.25, -0.2) is 8.78 Å². The Bertz CT molecular complexity index is 645. The maximum Gasteiger partial charge on any atom is 0.128 e. The molecule has 2 aromatic carbocycles. The van der Waals surface area contributed by atoms with Crippen molar-refractivity contribution in [2.45, 2.75) is 13.5 Å². The van der Waals surface area contributed by atoms with Crippen molar-refractivity contribution in [3.05, 3.63) is 64.7 Å². The highest BCUT2D eigenvalue weighted by Crippen LogP contribution is 2.18. The Hall–Kier alpha value is -2.41. The van der Waals surface area contributed by atoms with Gasteiger partial charge in [-0.1, -0.05) is 0 Å². The first-order chi connectivity index (χ1) is 9.10. The average molecular weight is 258 g/mol. The van der Waals surface area contributed by atoms with E-state index < -0.39 is 0 Å². The fraction of sp³-hybridized carbons (Fsp3) is 0.133. The molecule has 19 heavy (non-hydrogen) atoms. The summed E-state index contributed by atoms with van der Waals surface area (Å²) in [7, 11) is 0. The molecule has 2 aromatic rings. The largest absolute Gasteiger partial charge is 0.381 e. The maximum absolute atomic E-state index is 13.6.